The van der Waals surface area contributed by atoms with Crippen LogP contribution in [0.5, 0.6) is 0 Å². The topological polar surface area (TPSA) is 54.5 Å². The largest absolute Gasteiger partial charge is 0.373 e. The fourth-order valence-electron chi connectivity index (χ4n) is 2.66. The summed E-state index contributed by atoms with van der Waals surface area (Å²) in [5.41, 5.74) is 0.918. The Hall–Kier alpha value is -1.72. The molecule has 5 nitrogen and oxygen atoms in total. The summed E-state index contributed by atoms with van der Waals surface area (Å²) in [5.74, 6) is -0.0786. The second-order valence-corrected chi connectivity index (χ2v) is 5.93. The number of amides is 1. The number of carbonyl (C=O) groups is 1. The predicted molar refractivity (Wildman–Crippen MR) is 87.3 cm³/mol. The van der Waals surface area contributed by atoms with Crippen LogP contribution in [0.1, 0.15) is 26.3 Å². The van der Waals surface area contributed by atoms with Crippen molar-refractivity contribution in [1.82, 2.24) is 15.2 Å². The van der Waals surface area contributed by atoms with Crippen LogP contribution in [-0.4, -0.2) is 53.7 Å². The average Bonchev–Trinajstić information content (AvgIpc) is 2.50. The summed E-state index contributed by atoms with van der Waals surface area (Å²) in [4.78, 5) is 18.2. The summed E-state index contributed by atoms with van der Waals surface area (Å²) in [5, 5.41) is 2.95. The summed E-state index contributed by atoms with van der Waals surface area (Å²) in [7, 11) is 0. The molecule has 0 aliphatic carbocycles. The first-order chi connectivity index (χ1) is 10.5. The SMILES string of the molecule is CC1CN(C(C)CNC(=O)/C=C/c2cccnc2)CC(C)O1. The molecule has 1 aromatic heterocycles. The van der Waals surface area contributed by atoms with Gasteiger partial charge in [-0.25, -0.2) is 0 Å². The Labute approximate surface area is 132 Å². The zero-order chi connectivity index (χ0) is 15.9. The van der Waals surface area contributed by atoms with Gasteiger partial charge < -0.3 is 10.1 Å². The number of hydrogen-bond acceptors (Lipinski definition) is 4. The molecule has 2 heterocycles. The fourth-order valence-corrected chi connectivity index (χ4v) is 2.66. The summed E-state index contributed by atoms with van der Waals surface area (Å²) < 4.78 is 5.73. The van der Waals surface area contributed by atoms with Crippen molar-refractivity contribution < 1.29 is 9.53 Å². The van der Waals surface area contributed by atoms with Gasteiger partial charge in [-0.15, -0.1) is 0 Å². The van der Waals surface area contributed by atoms with Gasteiger partial charge in [-0.3, -0.25) is 14.7 Å². The number of nitrogens with one attached hydrogen (secondary N) is 1. The quantitative estimate of drug-likeness (QED) is 0.841. The Bertz CT molecular complexity index is 494. The highest BCUT2D eigenvalue weighted by molar-refractivity contribution is 5.91. The summed E-state index contributed by atoms with van der Waals surface area (Å²) in [6.45, 7) is 8.76. The Balaban J connectivity index is 1.77. The molecular weight excluding hydrogens is 278 g/mol. The van der Waals surface area contributed by atoms with Crippen LogP contribution in [0, 0.1) is 0 Å². The molecule has 0 spiro atoms. The van der Waals surface area contributed by atoms with Crippen LogP contribution < -0.4 is 5.32 Å². The number of hydrogen-bond donors (Lipinski definition) is 1. The first-order valence-corrected chi connectivity index (χ1v) is 7.80. The van der Waals surface area contributed by atoms with Gasteiger partial charge in [-0.1, -0.05) is 6.07 Å². The summed E-state index contributed by atoms with van der Waals surface area (Å²) >= 11 is 0. The smallest absolute Gasteiger partial charge is 0.244 e. The Morgan fingerprint density at radius 3 is 2.86 bits per heavy atom. The van der Waals surface area contributed by atoms with Crippen LogP contribution in [0.2, 0.25) is 0 Å². The van der Waals surface area contributed by atoms with Gasteiger partial charge >= 0.3 is 0 Å². The molecular formula is C17H25N3O2. The molecule has 3 unspecified atom stereocenters. The van der Waals surface area contributed by atoms with Gasteiger partial charge in [0, 0.05) is 44.1 Å². The van der Waals surface area contributed by atoms with E-state index >= 15 is 0 Å². The van der Waals surface area contributed by atoms with Gasteiger partial charge in [0.05, 0.1) is 12.2 Å². The number of rotatable bonds is 5. The fraction of sp³-hybridized carbons (Fsp3) is 0.529. The van der Waals surface area contributed by atoms with E-state index in [2.05, 4.69) is 36.0 Å². The lowest BCUT2D eigenvalue weighted by Gasteiger charge is -2.38. The highest BCUT2D eigenvalue weighted by Crippen LogP contribution is 2.13. The van der Waals surface area contributed by atoms with Gasteiger partial charge in [0.25, 0.3) is 0 Å². The molecule has 5 heteroatoms. The van der Waals surface area contributed by atoms with Crippen LogP contribution in [0.4, 0.5) is 0 Å². The lowest BCUT2D eigenvalue weighted by atomic mass is 10.1. The molecule has 1 N–H and O–H groups in total. The van der Waals surface area contributed by atoms with Gasteiger partial charge in [0.1, 0.15) is 0 Å². The van der Waals surface area contributed by atoms with Crippen molar-refractivity contribution in [2.24, 2.45) is 0 Å². The van der Waals surface area contributed by atoms with Crippen LogP contribution in [0.25, 0.3) is 6.08 Å². The maximum Gasteiger partial charge on any atom is 0.244 e. The number of morpholine rings is 1. The van der Waals surface area contributed by atoms with Crippen LogP contribution in [0.3, 0.4) is 0 Å². The van der Waals surface area contributed by atoms with Crippen LogP contribution in [0.15, 0.2) is 30.6 Å². The van der Waals surface area contributed by atoms with Crippen molar-refractivity contribution in [2.45, 2.75) is 39.0 Å². The minimum Gasteiger partial charge on any atom is -0.373 e. The van der Waals surface area contributed by atoms with Crippen molar-refractivity contribution >= 4 is 12.0 Å². The summed E-state index contributed by atoms with van der Waals surface area (Å²) in [6, 6.07) is 4.06. The molecule has 1 aromatic rings. The number of nitrogens with zero attached hydrogens (tertiary/aromatic N) is 2. The van der Waals surface area contributed by atoms with Gasteiger partial charge in [0.2, 0.25) is 5.91 Å². The van der Waals surface area contributed by atoms with Gasteiger partial charge in [0.15, 0.2) is 0 Å². The molecule has 1 aliphatic rings. The predicted octanol–water partition coefficient (Wildman–Crippen LogP) is 1.71. The number of pyridine rings is 1. The van der Waals surface area contributed by atoms with E-state index in [1.54, 1.807) is 24.5 Å². The third-order valence-corrected chi connectivity index (χ3v) is 3.75. The molecule has 0 saturated carbocycles. The Morgan fingerprint density at radius 2 is 2.23 bits per heavy atom. The molecule has 0 radical (unpaired) electrons. The minimum atomic E-state index is -0.0786. The van der Waals surface area contributed by atoms with Crippen molar-refractivity contribution in [1.29, 1.82) is 0 Å². The third-order valence-electron chi connectivity index (χ3n) is 3.75. The van der Waals surface area contributed by atoms with Gasteiger partial charge in [-0.2, -0.15) is 0 Å². The molecule has 2 rings (SSSR count). The molecule has 120 valence electrons. The maximum atomic E-state index is 11.9. The van der Waals surface area contributed by atoms with E-state index in [4.69, 9.17) is 4.74 Å². The highest BCUT2D eigenvalue weighted by atomic mass is 16.5. The second kappa shape index (κ2) is 8.06. The normalized spacial score (nSPS) is 24.3. The number of carbonyl (C=O) groups excluding carboxylic acids is 1. The Morgan fingerprint density at radius 1 is 1.50 bits per heavy atom. The van der Waals surface area contributed by atoms with E-state index in [1.807, 2.05) is 12.1 Å². The van der Waals surface area contributed by atoms with Crippen LogP contribution >= 0.6 is 0 Å². The van der Waals surface area contributed by atoms with Crippen molar-refractivity contribution in [3.8, 4) is 0 Å². The maximum absolute atomic E-state index is 11.9. The molecule has 1 fully saturated rings. The first-order valence-electron chi connectivity index (χ1n) is 7.80. The average molecular weight is 303 g/mol. The van der Waals surface area contributed by atoms with Crippen LogP contribution in [-0.2, 0) is 9.53 Å². The number of aromatic nitrogens is 1. The molecule has 1 saturated heterocycles. The third kappa shape index (κ3) is 5.24. The second-order valence-electron chi connectivity index (χ2n) is 5.93. The highest BCUT2D eigenvalue weighted by Gasteiger charge is 2.25. The standard InChI is InChI=1S/C17H25N3O2/c1-13(20-11-14(2)22-15(3)12-20)9-19-17(21)7-6-16-5-4-8-18-10-16/h4-8,10,13-15H,9,11-12H2,1-3H3,(H,19,21)/b7-6+. The molecule has 1 aliphatic heterocycles. The van der Waals surface area contributed by atoms with E-state index in [0.29, 0.717) is 12.6 Å². The lowest BCUT2D eigenvalue weighted by molar-refractivity contribution is -0.117. The molecule has 0 bridgehead atoms. The molecule has 1 amide bonds. The van der Waals surface area contributed by atoms with E-state index < -0.39 is 0 Å². The van der Waals surface area contributed by atoms with E-state index in [9.17, 15) is 4.79 Å². The zero-order valence-electron chi connectivity index (χ0n) is 13.5. The van der Waals surface area contributed by atoms with Crippen molar-refractivity contribution in [3.63, 3.8) is 0 Å². The van der Waals surface area contributed by atoms with E-state index in [1.165, 1.54) is 0 Å². The molecule has 0 aromatic carbocycles. The zero-order valence-corrected chi connectivity index (χ0v) is 13.5. The summed E-state index contributed by atoms with van der Waals surface area (Å²) in [6.07, 6.45) is 7.24. The lowest BCUT2D eigenvalue weighted by Crippen LogP contribution is -2.52. The van der Waals surface area contributed by atoms with Crippen molar-refractivity contribution in [2.75, 3.05) is 19.6 Å². The van der Waals surface area contributed by atoms with E-state index in [0.717, 1.165) is 18.7 Å². The Kier molecular flexibility index (Phi) is 6.10. The van der Waals surface area contributed by atoms with Gasteiger partial charge in [-0.05, 0) is 38.5 Å². The first kappa shape index (κ1) is 16.6. The number of ether oxygens (including phenoxy) is 1. The minimum absolute atomic E-state index is 0.0786. The molecule has 22 heavy (non-hydrogen) atoms. The van der Waals surface area contributed by atoms with Crippen molar-refractivity contribution in [3.05, 3.63) is 36.2 Å². The molecule has 3 atom stereocenters. The monoisotopic (exact) mass is 303 g/mol. The van der Waals surface area contributed by atoms with E-state index in [-0.39, 0.29) is 18.1 Å².